The summed E-state index contributed by atoms with van der Waals surface area (Å²) in [5.74, 6) is 3.03. The summed E-state index contributed by atoms with van der Waals surface area (Å²) in [7, 11) is 8.64. The molecule has 0 spiro atoms. The fraction of sp³-hybridized carbons (Fsp3) is 0.444. The van der Waals surface area contributed by atoms with Gasteiger partial charge in [-0.25, -0.2) is 0 Å². The van der Waals surface area contributed by atoms with Gasteiger partial charge in [0.1, 0.15) is 0 Å². The van der Waals surface area contributed by atoms with Gasteiger partial charge in [-0.2, -0.15) is 0 Å². The van der Waals surface area contributed by atoms with Crippen molar-refractivity contribution in [2.45, 2.75) is 25.9 Å². The van der Waals surface area contributed by atoms with Crippen molar-refractivity contribution in [1.82, 2.24) is 9.80 Å². The molecule has 0 bridgehead atoms. The van der Waals surface area contributed by atoms with E-state index < -0.39 is 0 Å². The summed E-state index contributed by atoms with van der Waals surface area (Å²) in [6.45, 7) is 4.59. The zero-order valence-electron chi connectivity index (χ0n) is 14.3. The van der Waals surface area contributed by atoms with Gasteiger partial charge in [0, 0.05) is 0 Å². The molecule has 0 heterocycles. The van der Waals surface area contributed by atoms with E-state index in [0.717, 1.165) is 0 Å². The summed E-state index contributed by atoms with van der Waals surface area (Å²) in [5, 5.41) is 0. The molecule has 2 fully saturated rings. The van der Waals surface area contributed by atoms with Crippen molar-refractivity contribution < 1.29 is 0 Å². The van der Waals surface area contributed by atoms with Gasteiger partial charge in [0.05, 0.1) is 0 Å². The standard InChI is InChI=1S/C18H26N2Se2/c1-13(19(3)4)15-9-7-11-17(15)21-22-18-12-8-10-16(18)14(2)20(5)6/h7-14H,1-6H3/t13-,14-/m1/s1. The van der Waals surface area contributed by atoms with Crippen molar-refractivity contribution in [2.75, 3.05) is 28.2 Å². The summed E-state index contributed by atoms with van der Waals surface area (Å²) in [6, 6.07) is 1.00. The van der Waals surface area contributed by atoms with Crippen molar-refractivity contribution in [2.24, 2.45) is 0 Å². The molecular formula is C18H26N2Se2. The van der Waals surface area contributed by atoms with Gasteiger partial charge in [0.25, 0.3) is 0 Å². The van der Waals surface area contributed by atoms with Crippen LogP contribution in [0, 0.1) is 60.0 Å². The fourth-order valence-electron chi connectivity index (χ4n) is 2.32. The van der Waals surface area contributed by atoms with Crippen LogP contribution in [0.4, 0.5) is 0 Å². The zero-order valence-corrected chi connectivity index (χ0v) is 17.8. The monoisotopic (exact) mass is 430 g/mol. The third kappa shape index (κ3) is 4.74. The molecule has 2 saturated carbocycles. The summed E-state index contributed by atoms with van der Waals surface area (Å²) in [5.41, 5.74) is 0. The molecule has 2 atom stereocenters. The van der Waals surface area contributed by atoms with E-state index in [1.54, 1.807) is 9.63 Å². The molecule has 2 nitrogen and oxygen atoms in total. The molecule has 0 saturated heterocycles. The second-order valence-electron chi connectivity index (χ2n) is 6.14. The van der Waals surface area contributed by atoms with Crippen molar-refractivity contribution >= 4 is 26.3 Å². The molecule has 2 rings (SSSR count). The Morgan fingerprint density at radius 3 is 1.36 bits per heavy atom. The zero-order chi connectivity index (χ0) is 16.3. The number of hydrogen-bond donors (Lipinski definition) is 0. The van der Waals surface area contributed by atoms with Crippen LogP contribution in [0.2, 0.25) is 0 Å². The molecular weight excluding hydrogens is 402 g/mol. The molecule has 0 unspecified atom stereocenters. The third-order valence-corrected chi connectivity index (χ3v) is 11.6. The number of rotatable bonds is 7. The normalized spacial score (nSPS) is 25.6. The first-order valence-electron chi connectivity index (χ1n) is 7.60. The van der Waals surface area contributed by atoms with Gasteiger partial charge in [0.15, 0.2) is 0 Å². The Labute approximate surface area is 150 Å². The first-order chi connectivity index (χ1) is 10.4. The molecule has 0 amide bonds. The Morgan fingerprint density at radius 2 is 1.05 bits per heavy atom. The Hall–Kier alpha value is 0.959. The van der Waals surface area contributed by atoms with Crippen LogP contribution in [-0.2, 0) is 0 Å². The van der Waals surface area contributed by atoms with Gasteiger partial charge >= 0.3 is 150 Å². The predicted octanol–water partition coefficient (Wildman–Crippen LogP) is 1.68. The van der Waals surface area contributed by atoms with E-state index in [2.05, 4.69) is 90.4 Å². The SMILES string of the molecule is C[C@H]([C]1[CH][CH][CH][C]1[Se][Se][C]1[CH][CH][CH][C]1[C@@H](C)N(C)C)N(C)C. The van der Waals surface area contributed by atoms with Gasteiger partial charge < -0.3 is 0 Å². The van der Waals surface area contributed by atoms with Crippen LogP contribution in [0.1, 0.15) is 13.8 Å². The van der Waals surface area contributed by atoms with Gasteiger partial charge in [-0.1, -0.05) is 0 Å². The van der Waals surface area contributed by atoms with E-state index in [-0.39, 0.29) is 0 Å². The van der Waals surface area contributed by atoms with Crippen LogP contribution in [0.25, 0.3) is 0 Å². The molecule has 0 aromatic carbocycles. The minimum absolute atomic E-state index is 0.502. The second-order valence-corrected chi connectivity index (χ2v) is 12.3. The van der Waals surface area contributed by atoms with E-state index in [1.807, 2.05) is 0 Å². The average Bonchev–Trinajstić information content (AvgIpc) is 3.11. The van der Waals surface area contributed by atoms with Crippen molar-refractivity contribution in [1.29, 1.82) is 0 Å². The maximum atomic E-state index is 2.33. The Kier molecular flexibility index (Phi) is 7.78. The van der Waals surface area contributed by atoms with Crippen molar-refractivity contribution in [3.63, 3.8) is 0 Å². The average molecular weight is 428 g/mol. The summed E-state index contributed by atoms with van der Waals surface area (Å²) >= 11 is 1.12. The Balaban J connectivity index is 1.86. The van der Waals surface area contributed by atoms with Crippen molar-refractivity contribution in [3.05, 3.63) is 60.0 Å². The summed E-state index contributed by atoms with van der Waals surface area (Å²) in [4.78, 5) is 7.75. The van der Waals surface area contributed by atoms with E-state index in [0.29, 0.717) is 38.3 Å². The molecule has 10 radical (unpaired) electrons. The Bertz CT molecular complexity index is 303. The first-order valence-corrected chi connectivity index (χ1v) is 13.6. The van der Waals surface area contributed by atoms with Crippen LogP contribution in [0.5, 0.6) is 0 Å². The summed E-state index contributed by atoms with van der Waals surface area (Å²) < 4.78 is 0. The minimum atomic E-state index is 0.502. The van der Waals surface area contributed by atoms with Crippen LogP contribution in [-0.4, -0.2) is 76.3 Å². The van der Waals surface area contributed by atoms with Gasteiger partial charge in [-0.3, -0.25) is 0 Å². The van der Waals surface area contributed by atoms with Gasteiger partial charge in [0.2, 0.25) is 0 Å². The van der Waals surface area contributed by atoms with Crippen LogP contribution >= 0.6 is 0 Å². The summed E-state index contributed by atoms with van der Waals surface area (Å²) in [6.07, 6.45) is 13.7. The molecule has 0 N–H and O–H groups in total. The quantitative estimate of drug-likeness (QED) is 0.570. The molecule has 0 aromatic rings. The van der Waals surface area contributed by atoms with Crippen molar-refractivity contribution in [3.8, 4) is 0 Å². The van der Waals surface area contributed by atoms with Gasteiger partial charge in [-0.05, 0) is 0 Å². The predicted molar refractivity (Wildman–Crippen MR) is 96.6 cm³/mol. The van der Waals surface area contributed by atoms with E-state index in [9.17, 15) is 0 Å². The van der Waals surface area contributed by atoms with E-state index in [4.69, 9.17) is 0 Å². The Morgan fingerprint density at radius 1 is 0.682 bits per heavy atom. The molecule has 0 aliphatic heterocycles. The number of nitrogens with zero attached hydrogens (tertiary/aromatic N) is 2. The molecule has 22 heavy (non-hydrogen) atoms. The molecule has 4 heteroatoms. The van der Waals surface area contributed by atoms with E-state index in [1.165, 1.54) is 11.8 Å². The molecule has 0 aromatic heterocycles. The first kappa shape index (κ1) is 19.3. The van der Waals surface area contributed by atoms with Crippen LogP contribution in [0.3, 0.4) is 0 Å². The second kappa shape index (κ2) is 8.88. The molecule has 2 aliphatic carbocycles. The topological polar surface area (TPSA) is 6.48 Å². The maximum absolute atomic E-state index is 2.33. The van der Waals surface area contributed by atoms with Gasteiger partial charge in [-0.15, -0.1) is 0 Å². The van der Waals surface area contributed by atoms with Crippen LogP contribution in [0.15, 0.2) is 0 Å². The molecule has 120 valence electrons. The fourth-order valence-corrected chi connectivity index (χ4v) is 9.93. The molecule has 2 aliphatic rings. The number of hydrogen-bond acceptors (Lipinski definition) is 2. The van der Waals surface area contributed by atoms with Crippen LogP contribution < -0.4 is 0 Å². The third-order valence-electron chi connectivity index (χ3n) is 4.29. The van der Waals surface area contributed by atoms with E-state index >= 15 is 0 Å².